The SMILES string of the molecule is Oc1cccc2c(NCc3ccc(Br)s3)cccc12. The number of halogens is 1. The van der Waals surface area contributed by atoms with Gasteiger partial charge in [-0.15, -0.1) is 11.3 Å². The van der Waals surface area contributed by atoms with Gasteiger partial charge in [0.1, 0.15) is 5.75 Å². The van der Waals surface area contributed by atoms with Crippen LogP contribution in [0.4, 0.5) is 5.69 Å². The molecule has 1 heterocycles. The number of rotatable bonds is 3. The summed E-state index contributed by atoms with van der Waals surface area (Å²) in [4.78, 5) is 1.27. The van der Waals surface area contributed by atoms with Gasteiger partial charge in [0.2, 0.25) is 0 Å². The maximum atomic E-state index is 9.85. The smallest absolute Gasteiger partial charge is 0.123 e. The van der Waals surface area contributed by atoms with Crippen molar-refractivity contribution in [3.8, 4) is 5.75 Å². The Hall–Kier alpha value is -1.52. The average Bonchev–Trinajstić information content (AvgIpc) is 2.83. The molecule has 2 N–H and O–H groups in total. The summed E-state index contributed by atoms with van der Waals surface area (Å²) in [5, 5.41) is 15.2. The summed E-state index contributed by atoms with van der Waals surface area (Å²) >= 11 is 5.19. The minimum absolute atomic E-state index is 0.319. The van der Waals surface area contributed by atoms with Crippen molar-refractivity contribution in [3.63, 3.8) is 0 Å². The van der Waals surface area contributed by atoms with E-state index in [0.717, 1.165) is 26.8 Å². The van der Waals surface area contributed by atoms with Gasteiger partial charge in [0.05, 0.1) is 3.79 Å². The van der Waals surface area contributed by atoms with Crippen molar-refractivity contribution in [1.29, 1.82) is 0 Å². The third-order valence-corrected chi connectivity index (χ3v) is 4.60. The van der Waals surface area contributed by atoms with Crippen LogP contribution in [-0.2, 0) is 6.54 Å². The second-order valence-electron chi connectivity index (χ2n) is 4.24. The summed E-state index contributed by atoms with van der Waals surface area (Å²) in [6.45, 7) is 0.783. The Kier molecular flexibility index (Phi) is 3.44. The van der Waals surface area contributed by atoms with E-state index in [2.05, 4.69) is 33.4 Å². The second kappa shape index (κ2) is 5.23. The van der Waals surface area contributed by atoms with Gasteiger partial charge < -0.3 is 10.4 Å². The standard InChI is InChI=1S/C15H12BrNOS/c16-15-8-7-10(19-15)9-17-13-5-1-4-12-11(13)3-2-6-14(12)18/h1-8,17-18H,9H2. The molecule has 0 aliphatic carbocycles. The fourth-order valence-corrected chi connectivity index (χ4v) is 3.50. The molecule has 0 spiro atoms. The first-order valence-electron chi connectivity index (χ1n) is 5.93. The summed E-state index contributed by atoms with van der Waals surface area (Å²) in [7, 11) is 0. The van der Waals surface area contributed by atoms with Crippen molar-refractivity contribution in [2.75, 3.05) is 5.32 Å². The van der Waals surface area contributed by atoms with Gasteiger partial charge in [0.15, 0.2) is 0 Å². The van der Waals surface area contributed by atoms with Crippen molar-refractivity contribution >= 4 is 43.7 Å². The van der Waals surface area contributed by atoms with Gasteiger partial charge in [-0.05, 0) is 40.2 Å². The van der Waals surface area contributed by atoms with Gasteiger partial charge in [-0.25, -0.2) is 0 Å². The topological polar surface area (TPSA) is 32.3 Å². The van der Waals surface area contributed by atoms with Gasteiger partial charge in [-0.3, -0.25) is 0 Å². The molecule has 0 aliphatic heterocycles. The molecule has 2 aromatic carbocycles. The maximum absolute atomic E-state index is 9.85. The highest BCUT2D eigenvalue weighted by molar-refractivity contribution is 9.11. The molecular formula is C15H12BrNOS. The van der Waals surface area contributed by atoms with E-state index in [4.69, 9.17) is 0 Å². The minimum Gasteiger partial charge on any atom is -0.507 e. The first kappa shape index (κ1) is 12.5. The molecule has 19 heavy (non-hydrogen) atoms. The summed E-state index contributed by atoms with van der Waals surface area (Å²) in [5.41, 5.74) is 1.04. The average molecular weight is 334 g/mol. The molecule has 3 aromatic rings. The van der Waals surface area contributed by atoms with Crippen LogP contribution in [0.2, 0.25) is 0 Å². The zero-order chi connectivity index (χ0) is 13.2. The van der Waals surface area contributed by atoms with Gasteiger partial charge >= 0.3 is 0 Å². The summed E-state index contributed by atoms with van der Waals surface area (Å²) in [6, 6.07) is 15.7. The molecule has 96 valence electrons. The zero-order valence-corrected chi connectivity index (χ0v) is 12.5. The van der Waals surface area contributed by atoms with E-state index in [1.54, 1.807) is 17.4 Å². The highest BCUT2D eigenvalue weighted by atomic mass is 79.9. The molecule has 0 saturated carbocycles. The first-order valence-corrected chi connectivity index (χ1v) is 7.54. The molecule has 0 aliphatic rings. The number of nitrogens with one attached hydrogen (secondary N) is 1. The lowest BCUT2D eigenvalue weighted by molar-refractivity contribution is 0.481. The van der Waals surface area contributed by atoms with Crippen LogP contribution in [0.15, 0.2) is 52.3 Å². The third-order valence-electron chi connectivity index (χ3n) is 2.98. The van der Waals surface area contributed by atoms with Crippen LogP contribution in [0, 0.1) is 0 Å². The fraction of sp³-hybridized carbons (Fsp3) is 0.0667. The highest BCUT2D eigenvalue weighted by Crippen LogP contribution is 2.30. The molecule has 1 aromatic heterocycles. The van der Waals surface area contributed by atoms with E-state index >= 15 is 0 Å². The summed E-state index contributed by atoms with van der Waals surface area (Å²) in [5.74, 6) is 0.319. The second-order valence-corrected chi connectivity index (χ2v) is 6.78. The Morgan fingerprint density at radius 3 is 2.58 bits per heavy atom. The molecule has 3 rings (SSSR count). The van der Waals surface area contributed by atoms with Gasteiger partial charge in [-0.2, -0.15) is 0 Å². The number of benzene rings is 2. The van der Waals surface area contributed by atoms with Gasteiger partial charge in [0, 0.05) is 27.9 Å². The quantitative estimate of drug-likeness (QED) is 0.708. The van der Waals surface area contributed by atoms with Crippen molar-refractivity contribution < 1.29 is 5.11 Å². The number of aromatic hydroxyl groups is 1. The van der Waals surface area contributed by atoms with Crippen LogP contribution < -0.4 is 5.32 Å². The predicted octanol–water partition coefficient (Wildman–Crippen LogP) is 4.98. The first-order chi connectivity index (χ1) is 9.24. The van der Waals surface area contributed by atoms with E-state index in [0.29, 0.717) is 5.75 Å². The van der Waals surface area contributed by atoms with Crippen LogP contribution in [0.3, 0.4) is 0 Å². The minimum atomic E-state index is 0.319. The highest BCUT2D eigenvalue weighted by Gasteiger charge is 2.04. The Labute approximate surface area is 123 Å². The number of phenols is 1. The molecule has 2 nitrogen and oxygen atoms in total. The molecule has 4 heteroatoms. The van der Waals surface area contributed by atoms with Gasteiger partial charge in [-0.1, -0.05) is 24.3 Å². The van der Waals surface area contributed by atoms with Crippen molar-refractivity contribution in [2.24, 2.45) is 0 Å². The van der Waals surface area contributed by atoms with E-state index in [9.17, 15) is 5.11 Å². The molecule has 0 radical (unpaired) electrons. The molecule has 0 unspecified atom stereocenters. The van der Waals surface area contributed by atoms with Gasteiger partial charge in [0.25, 0.3) is 0 Å². The Balaban J connectivity index is 1.91. The van der Waals surface area contributed by atoms with Crippen LogP contribution >= 0.6 is 27.3 Å². The van der Waals surface area contributed by atoms with Crippen LogP contribution in [0.25, 0.3) is 10.8 Å². The van der Waals surface area contributed by atoms with Crippen molar-refractivity contribution in [3.05, 3.63) is 57.2 Å². The Bertz CT molecular complexity index is 723. The number of anilines is 1. The number of fused-ring (bicyclic) bond motifs is 1. The monoisotopic (exact) mass is 333 g/mol. The predicted molar refractivity (Wildman–Crippen MR) is 85.0 cm³/mol. The van der Waals surface area contributed by atoms with Crippen molar-refractivity contribution in [1.82, 2.24) is 0 Å². The molecule has 0 saturated heterocycles. The molecule has 0 fully saturated rings. The normalized spacial score (nSPS) is 10.8. The van der Waals surface area contributed by atoms with Crippen molar-refractivity contribution in [2.45, 2.75) is 6.54 Å². The van der Waals surface area contributed by atoms with Crippen LogP contribution in [0.1, 0.15) is 4.88 Å². The number of hydrogen-bond acceptors (Lipinski definition) is 3. The van der Waals surface area contributed by atoms with E-state index in [-0.39, 0.29) is 0 Å². The Morgan fingerprint density at radius 2 is 1.79 bits per heavy atom. The van der Waals surface area contributed by atoms with Crippen LogP contribution in [0.5, 0.6) is 5.75 Å². The lowest BCUT2D eigenvalue weighted by atomic mass is 10.1. The lowest BCUT2D eigenvalue weighted by Gasteiger charge is -2.09. The van der Waals surface area contributed by atoms with Crippen LogP contribution in [-0.4, -0.2) is 5.11 Å². The summed E-state index contributed by atoms with van der Waals surface area (Å²) < 4.78 is 1.14. The Morgan fingerprint density at radius 1 is 1.00 bits per heavy atom. The third kappa shape index (κ3) is 2.60. The van der Waals surface area contributed by atoms with E-state index in [1.807, 2.05) is 30.3 Å². The van der Waals surface area contributed by atoms with E-state index in [1.165, 1.54) is 4.88 Å². The molecule has 0 amide bonds. The zero-order valence-electron chi connectivity index (χ0n) is 10.1. The molecular weight excluding hydrogens is 322 g/mol. The lowest BCUT2D eigenvalue weighted by Crippen LogP contribution is -1.97. The summed E-state index contributed by atoms with van der Waals surface area (Å²) in [6.07, 6.45) is 0. The molecule has 0 bridgehead atoms. The fourth-order valence-electron chi connectivity index (χ4n) is 2.08. The number of hydrogen-bond donors (Lipinski definition) is 2. The van der Waals surface area contributed by atoms with E-state index < -0.39 is 0 Å². The number of phenolic OH excluding ortho intramolecular Hbond substituents is 1. The largest absolute Gasteiger partial charge is 0.507 e. The number of thiophene rings is 1. The maximum Gasteiger partial charge on any atom is 0.123 e. The molecule has 0 atom stereocenters.